The van der Waals surface area contributed by atoms with Gasteiger partial charge in [-0.15, -0.1) is 0 Å². The van der Waals surface area contributed by atoms with Crippen molar-refractivity contribution in [3.63, 3.8) is 0 Å². The Kier molecular flexibility index (Phi) is 10.8. The van der Waals surface area contributed by atoms with E-state index in [1.807, 2.05) is 0 Å². The highest BCUT2D eigenvalue weighted by Gasteiger charge is 2.11. The van der Waals surface area contributed by atoms with Crippen LogP contribution >= 0.6 is 0 Å². The second-order valence-corrected chi connectivity index (χ2v) is 4.19. The van der Waals surface area contributed by atoms with E-state index in [2.05, 4.69) is 0 Å². The minimum Gasteiger partial charge on any atom is -0.481 e. The average molecular weight is 291 g/mol. The van der Waals surface area contributed by atoms with Crippen LogP contribution < -0.4 is 17.2 Å². The topological polar surface area (TPSA) is 187 Å². The van der Waals surface area contributed by atoms with Crippen molar-refractivity contribution in [3.05, 3.63) is 0 Å². The van der Waals surface area contributed by atoms with Gasteiger partial charge in [-0.2, -0.15) is 0 Å². The van der Waals surface area contributed by atoms with E-state index in [1.54, 1.807) is 6.92 Å². The van der Waals surface area contributed by atoms with E-state index in [-0.39, 0.29) is 19.3 Å². The molecule has 20 heavy (non-hydrogen) atoms. The van der Waals surface area contributed by atoms with Crippen molar-refractivity contribution < 1.29 is 29.4 Å². The number of primary amides is 2. The third-order valence-corrected chi connectivity index (χ3v) is 2.26. The zero-order chi connectivity index (χ0) is 16.3. The van der Waals surface area contributed by atoms with Crippen molar-refractivity contribution in [3.8, 4) is 0 Å². The predicted octanol–water partition coefficient (Wildman–Crippen LogP) is -1.36. The van der Waals surface area contributed by atoms with Gasteiger partial charge in [0.05, 0.1) is 5.92 Å². The fourth-order valence-corrected chi connectivity index (χ4v) is 0.903. The van der Waals surface area contributed by atoms with E-state index >= 15 is 0 Å². The van der Waals surface area contributed by atoms with Crippen LogP contribution in [0.2, 0.25) is 0 Å². The van der Waals surface area contributed by atoms with Gasteiger partial charge in [0, 0.05) is 12.8 Å². The first-order valence-corrected chi connectivity index (χ1v) is 5.85. The second kappa shape index (κ2) is 10.7. The monoisotopic (exact) mass is 291 g/mol. The lowest BCUT2D eigenvalue weighted by Gasteiger charge is -2.01. The van der Waals surface area contributed by atoms with Crippen LogP contribution in [0.4, 0.5) is 0 Å². The van der Waals surface area contributed by atoms with Crippen molar-refractivity contribution in [2.75, 3.05) is 0 Å². The van der Waals surface area contributed by atoms with Crippen molar-refractivity contribution in [2.24, 2.45) is 23.1 Å². The van der Waals surface area contributed by atoms with Gasteiger partial charge in [0.15, 0.2) is 0 Å². The molecule has 0 aromatic heterocycles. The maximum Gasteiger partial charge on any atom is 0.320 e. The molecule has 0 aliphatic rings. The molecule has 0 saturated carbocycles. The molecule has 8 N–H and O–H groups in total. The highest BCUT2D eigenvalue weighted by molar-refractivity contribution is 5.77. The predicted molar refractivity (Wildman–Crippen MR) is 69.3 cm³/mol. The molecule has 0 aromatic rings. The summed E-state index contributed by atoms with van der Waals surface area (Å²) in [6.07, 6.45) is 0.594. The molecule has 0 aliphatic heterocycles. The Labute approximate surface area is 116 Å². The molecule has 0 aromatic carbocycles. The molecule has 2 unspecified atom stereocenters. The standard InChI is InChI=1S/C6H11NO3.C5H10N2O3/c1-4(6(9)10)2-3-5(7)8;6-3(5(9)10)1-2-4(7)8/h4H,2-3H2,1H3,(H2,7,8)(H,9,10);3H,1-2,6H2,(H2,7,8)(H,9,10). The second-order valence-electron chi connectivity index (χ2n) is 4.19. The van der Waals surface area contributed by atoms with Gasteiger partial charge in [-0.3, -0.25) is 19.2 Å². The van der Waals surface area contributed by atoms with E-state index in [0.29, 0.717) is 6.42 Å². The fraction of sp³-hybridized carbons (Fsp3) is 0.636. The summed E-state index contributed by atoms with van der Waals surface area (Å²) in [6, 6.07) is -0.979. The van der Waals surface area contributed by atoms with E-state index < -0.39 is 35.7 Å². The Morgan fingerprint density at radius 3 is 1.60 bits per heavy atom. The molecule has 2 amide bonds. The van der Waals surface area contributed by atoms with Crippen molar-refractivity contribution >= 4 is 23.8 Å². The molecular formula is C11H21N3O6. The Morgan fingerprint density at radius 1 is 0.900 bits per heavy atom. The number of carboxylic acids is 2. The van der Waals surface area contributed by atoms with Crippen LogP contribution in [0.1, 0.15) is 32.6 Å². The summed E-state index contributed by atoms with van der Waals surface area (Å²) >= 11 is 0. The number of carboxylic acid groups (broad SMARTS) is 2. The molecule has 0 spiro atoms. The third kappa shape index (κ3) is 13.9. The van der Waals surface area contributed by atoms with Gasteiger partial charge < -0.3 is 27.4 Å². The van der Waals surface area contributed by atoms with Gasteiger partial charge >= 0.3 is 11.9 Å². The molecular weight excluding hydrogens is 270 g/mol. The smallest absolute Gasteiger partial charge is 0.320 e. The molecule has 9 heteroatoms. The molecule has 0 rings (SSSR count). The number of hydrogen-bond acceptors (Lipinski definition) is 5. The number of nitrogens with two attached hydrogens (primary N) is 3. The molecule has 2 atom stereocenters. The minimum atomic E-state index is -1.11. The molecule has 0 bridgehead atoms. The number of carbonyl (C=O) groups is 4. The van der Waals surface area contributed by atoms with Gasteiger partial charge in [0.25, 0.3) is 0 Å². The minimum absolute atomic E-state index is 0.0213. The fourth-order valence-electron chi connectivity index (χ4n) is 0.903. The summed E-state index contributed by atoms with van der Waals surface area (Å²) in [5, 5.41) is 16.6. The summed E-state index contributed by atoms with van der Waals surface area (Å²) in [5.41, 5.74) is 14.6. The first-order valence-electron chi connectivity index (χ1n) is 5.85. The lowest BCUT2D eigenvalue weighted by Crippen LogP contribution is -2.31. The highest BCUT2D eigenvalue weighted by Crippen LogP contribution is 2.03. The van der Waals surface area contributed by atoms with Crippen LogP contribution in [0.15, 0.2) is 0 Å². The summed E-state index contributed by atoms with van der Waals surface area (Å²) in [5.74, 6) is -3.46. The van der Waals surface area contributed by atoms with Crippen LogP contribution in [0.5, 0.6) is 0 Å². The quantitative estimate of drug-likeness (QED) is 0.365. The zero-order valence-corrected chi connectivity index (χ0v) is 11.2. The summed E-state index contributed by atoms with van der Waals surface area (Å²) in [4.78, 5) is 40.5. The van der Waals surface area contributed by atoms with E-state index in [1.165, 1.54) is 0 Å². The van der Waals surface area contributed by atoms with Gasteiger partial charge in [-0.1, -0.05) is 6.92 Å². The molecule has 9 nitrogen and oxygen atoms in total. The van der Waals surface area contributed by atoms with Crippen molar-refractivity contribution in [1.29, 1.82) is 0 Å². The maximum atomic E-state index is 10.2. The highest BCUT2D eigenvalue weighted by atomic mass is 16.4. The number of rotatable bonds is 8. The van der Waals surface area contributed by atoms with E-state index in [4.69, 9.17) is 27.4 Å². The molecule has 0 radical (unpaired) electrons. The number of hydrogen-bond donors (Lipinski definition) is 5. The number of amides is 2. The number of aliphatic carboxylic acids is 2. The lowest BCUT2D eigenvalue weighted by molar-refractivity contribution is -0.141. The van der Waals surface area contributed by atoms with Gasteiger partial charge in [-0.05, 0) is 12.8 Å². The molecule has 0 heterocycles. The summed E-state index contributed by atoms with van der Waals surface area (Å²) < 4.78 is 0. The van der Waals surface area contributed by atoms with Crippen LogP contribution in [-0.4, -0.2) is 40.0 Å². The first kappa shape index (κ1) is 20.2. The molecule has 0 saturated heterocycles. The van der Waals surface area contributed by atoms with Crippen LogP contribution in [0.3, 0.4) is 0 Å². The average Bonchev–Trinajstić information content (AvgIpc) is 2.33. The van der Waals surface area contributed by atoms with Crippen molar-refractivity contribution in [1.82, 2.24) is 0 Å². The van der Waals surface area contributed by atoms with E-state index in [0.717, 1.165) is 0 Å². The lowest BCUT2D eigenvalue weighted by atomic mass is 10.1. The Morgan fingerprint density at radius 2 is 1.30 bits per heavy atom. The third-order valence-electron chi connectivity index (χ3n) is 2.26. The Bertz CT molecular complexity index is 324. The molecule has 116 valence electrons. The maximum absolute atomic E-state index is 10.2. The SMILES string of the molecule is CC(CCC(N)=O)C(=O)O.NC(=O)CCC(N)C(=O)O. The summed E-state index contributed by atoms with van der Waals surface area (Å²) in [6.45, 7) is 1.55. The summed E-state index contributed by atoms with van der Waals surface area (Å²) in [7, 11) is 0. The van der Waals surface area contributed by atoms with Crippen LogP contribution in [0.25, 0.3) is 0 Å². The first-order chi connectivity index (χ1) is 9.07. The van der Waals surface area contributed by atoms with Gasteiger partial charge in [-0.25, -0.2) is 0 Å². The van der Waals surface area contributed by atoms with Crippen molar-refractivity contribution in [2.45, 2.75) is 38.6 Å². The van der Waals surface area contributed by atoms with Crippen LogP contribution in [0, 0.1) is 5.92 Å². The normalized spacial score (nSPS) is 12.5. The molecule has 0 fully saturated rings. The van der Waals surface area contributed by atoms with Gasteiger partial charge in [0.1, 0.15) is 6.04 Å². The number of carbonyl (C=O) groups excluding carboxylic acids is 2. The van der Waals surface area contributed by atoms with Crippen LogP contribution in [-0.2, 0) is 19.2 Å². The zero-order valence-electron chi connectivity index (χ0n) is 11.2. The Hall–Kier alpha value is -2.16. The molecule has 0 aliphatic carbocycles. The van der Waals surface area contributed by atoms with Gasteiger partial charge in [0.2, 0.25) is 11.8 Å². The largest absolute Gasteiger partial charge is 0.481 e. The Balaban J connectivity index is 0. The van der Waals surface area contributed by atoms with E-state index in [9.17, 15) is 19.2 Å².